The minimum atomic E-state index is -3.18. The Balaban J connectivity index is 3.19. The van der Waals surface area contributed by atoms with Gasteiger partial charge in [-0.05, 0) is 23.1 Å². The monoisotopic (exact) mass is 241 g/mol. The van der Waals surface area contributed by atoms with Gasteiger partial charge in [0.1, 0.15) is 0 Å². The predicted octanol–water partition coefficient (Wildman–Crippen LogP) is 2.38. The Kier molecular flexibility index (Phi) is 3.33. The van der Waals surface area contributed by atoms with Crippen LogP contribution in [0.4, 0.5) is 5.69 Å². The molecule has 0 saturated heterocycles. The first-order chi connectivity index (χ1) is 7.12. The van der Waals surface area contributed by atoms with Gasteiger partial charge in [-0.2, -0.15) is 0 Å². The van der Waals surface area contributed by atoms with E-state index < -0.39 is 10.0 Å². The summed E-state index contributed by atoms with van der Waals surface area (Å²) in [5.41, 5.74) is 1.85. The van der Waals surface area contributed by atoms with Crippen molar-refractivity contribution in [3.63, 3.8) is 0 Å². The van der Waals surface area contributed by atoms with Gasteiger partial charge in [0.05, 0.1) is 11.9 Å². The topological polar surface area (TPSA) is 37.4 Å². The predicted molar refractivity (Wildman–Crippen MR) is 68.4 cm³/mol. The van der Waals surface area contributed by atoms with E-state index in [-0.39, 0.29) is 5.41 Å². The first kappa shape index (κ1) is 13.0. The third kappa shape index (κ3) is 2.98. The molecule has 0 aliphatic carbocycles. The smallest absolute Gasteiger partial charge is 0.231 e. The second-order valence-electron chi connectivity index (χ2n) is 5.03. The molecule has 0 aliphatic rings. The molecule has 90 valence electrons. The van der Waals surface area contributed by atoms with E-state index in [1.807, 2.05) is 18.2 Å². The van der Waals surface area contributed by atoms with Crippen LogP contribution in [0.2, 0.25) is 0 Å². The molecule has 1 aromatic rings. The third-order valence-corrected chi connectivity index (χ3v) is 3.78. The lowest BCUT2D eigenvalue weighted by Gasteiger charge is -2.22. The second-order valence-corrected chi connectivity index (χ2v) is 7.04. The van der Waals surface area contributed by atoms with Crippen molar-refractivity contribution < 1.29 is 8.42 Å². The Morgan fingerprint density at radius 1 is 1.19 bits per heavy atom. The van der Waals surface area contributed by atoms with E-state index in [0.29, 0.717) is 5.69 Å². The fraction of sp³-hybridized carbons (Fsp3) is 0.500. The number of nitrogens with zero attached hydrogens (tertiary/aromatic N) is 1. The molecule has 0 heterocycles. The molecule has 0 N–H and O–H groups in total. The van der Waals surface area contributed by atoms with Gasteiger partial charge < -0.3 is 0 Å². The lowest BCUT2D eigenvalue weighted by Crippen LogP contribution is -2.25. The summed E-state index contributed by atoms with van der Waals surface area (Å²) in [5.74, 6) is 0. The van der Waals surface area contributed by atoms with Crippen molar-refractivity contribution >= 4 is 15.7 Å². The van der Waals surface area contributed by atoms with Crippen LogP contribution in [0.5, 0.6) is 0 Å². The zero-order valence-electron chi connectivity index (χ0n) is 10.5. The first-order valence-corrected chi connectivity index (χ1v) is 7.01. The molecule has 4 heteroatoms. The van der Waals surface area contributed by atoms with E-state index in [2.05, 4.69) is 20.8 Å². The Labute approximate surface area is 98.1 Å². The van der Waals surface area contributed by atoms with Crippen molar-refractivity contribution in [2.24, 2.45) is 0 Å². The highest BCUT2D eigenvalue weighted by Crippen LogP contribution is 2.26. The first-order valence-electron chi connectivity index (χ1n) is 5.17. The van der Waals surface area contributed by atoms with E-state index in [1.165, 1.54) is 10.6 Å². The molecule has 0 bridgehead atoms. The SMILES string of the molecule is CN(c1cccc(C(C)(C)C)c1)S(C)(=O)=O. The molecule has 0 amide bonds. The highest BCUT2D eigenvalue weighted by atomic mass is 32.2. The Hall–Kier alpha value is -1.03. The van der Waals surface area contributed by atoms with Gasteiger partial charge in [-0.15, -0.1) is 0 Å². The number of hydrogen-bond donors (Lipinski definition) is 0. The zero-order chi connectivity index (χ0) is 12.6. The number of sulfonamides is 1. The molecule has 0 radical (unpaired) electrons. The zero-order valence-corrected chi connectivity index (χ0v) is 11.3. The van der Waals surface area contributed by atoms with E-state index >= 15 is 0 Å². The summed E-state index contributed by atoms with van der Waals surface area (Å²) in [4.78, 5) is 0. The minimum absolute atomic E-state index is 0.0222. The molecule has 0 unspecified atom stereocenters. The van der Waals surface area contributed by atoms with Gasteiger partial charge in [-0.25, -0.2) is 8.42 Å². The van der Waals surface area contributed by atoms with Gasteiger partial charge in [0.25, 0.3) is 0 Å². The maximum absolute atomic E-state index is 11.4. The number of benzene rings is 1. The summed E-state index contributed by atoms with van der Waals surface area (Å²) in [6, 6.07) is 7.62. The average Bonchev–Trinajstić information content (AvgIpc) is 2.14. The number of anilines is 1. The van der Waals surface area contributed by atoms with E-state index in [1.54, 1.807) is 13.1 Å². The Morgan fingerprint density at radius 2 is 1.75 bits per heavy atom. The van der Waals surface area contributed by atoms with Crippen LogP contribution in [-0.4, -0.2) is 21.7 Å². The van der Waals surface area contributed by atoms with Gasteiger partial charge in [-0.1, -0.05) is 32.9 Å². The van der Waals surface area contributed by atoms with Crippen LogP contribution >= 0.6 is 0 Å². The van der Waals surface area contributed by atoms with Gasteiger partial charge in [0.2, 0.25) is 10.0 Å². The normalized spacial score (nSPS) is 12.6. The molecule has 0 aromatic heterocycles. The average molecular weight is 241 g/mol. The quantitative estimate of drug-likeness (QED) is 0.797. The highest BCUT2D eigenvalue weighted by Gasteiger charge is 2.17. The fourth-order valence-corrected chi connectivity index (χ4v) is 1.86. The molecule has 0 aliphatic heterocycles. The van der Waals surface area contributed by atoms with Crippen LogP contribution in [0.15, 0.2) is 24.3 Å². The number of rotatable bonds is 2. The van der Waals surface area contributed by atoms with Crippen molar-refractivity contribution in [3.05, 3.63) is 29.8 Å². The van der Waals surface area contributed by atoms with Crippen LogP contribution in [0.3, 0.4) is 0 Å². The lowest BCUT2D eigenvalue weighted by atomic mass is 9.87. The molecule has 0 spiro atoms. The molecular weight excluding hydrogens is 222 g/mol. The van der Waals surface area contributed by atoms with Gasteiger partial charge in [-0.3, -0.25) is 4.31 Å². The van der Waals surface area contributed by atoms with E-state index in [4.69, 9.17) is 0 Å². The van der Waals surface area contributed by atoms with Crippen LogP contribution in [0.1, 0.15) is 26.3 Å². The van der Waals surface area contributed by atoms with E-state index in [9.17, 15) is 8.42 Å². The standard InChI is InChI=1S/C12H19NO2S/c1-12(2,3)10-7-6-8-11(9-10)13(4)16(5,14)15/h6-9H,1-5H3. The Morgan fingerprint density at radius 3 is 2.19 bits per heavy atom. The fourth-order valence-electron chi connectivity index (χ4n) is 1.36. The summed E-state index contributed by atoms with van der Waals surface area (Å²) in [5, 5.41) is 0. The minimum Gasteiger partial charge on any atom is -0.274 e. The lowest BCUT2D eigenvalue weighted by molar-refractivity contribution is 0.589. The molecule has 0 saturated carbocycles. The highest BCUT2D eigenvalue weighted by molar-refractivity contribution is 7.92. The van der Waals surface area contributed by atoms with Gasteiger partial charge in [0, 0.05) is 7.05 Å². The molecule has 16 heavy (non-hydrogen) atoms. The van der Waals surface area contributed by atoms with Crippen molar-refractivity contribution in [1.82, 2.24) is 0 Å². The van der Waals surface area contributed by atoms with Crippen LogP contribution < -0.4 is 4.31 Å². The largest absolute Gasteiger partial charge is 0.274 e. The molecule has 3 nitrogen and oxygen atoms in total. The van der Waals surface area contributed by atoms with Gasteiger partial charge >= 0.3 is 0 Å². The molecule has 1 aromatic carbocycles. The summed E-state index contributed by atoms with van der Waals surface area (Å²) < 4.78 is 24.1. The maximum Gasteiger partial charge on any atom is 0.231 e. The molecule has 0 fully saturated rings. The van der Waals surface area contributed by atoms with Crippen LogP contribution in [0, 0.1) is 0 Å². The molecular formula is C12H19NO2S. The van der Waals surface area contributed by atoms with Crippen molar-refractivity contribution in [1.29, 1.82) is 0 Å². The van der Waals surface area contributed by atoms with Crippen molar-refractivity contribution in [2.75, 3.05) is 17.6 Å². The summed E-state index contributed by atoms with van der Waals surface area (Å²) in [7, 11) is -1.62. The maximum atomic E-state index is 11.4. The summed E-state index contributed by atoms with van der Waals surface area (Å²) in [6.45, 7) is 6.31. The molecule has 0 atom stereocenters. The summed E-state index contributed by atoms with van der Waals surface area (Å²) >= 11 is 0. The van der Waals surface area contributed by atoms with Crippen LogP contribution in [0.25, 0.3) is 0 Å². The summed E-state index contributed by atoms with van der Waals surface area (Å²) in [6.07, 6.45) is 1.21. The van der Waals surface area contributed by atoms with Crippen molar-refractivity contribution in [3.8, 4) is 0 Å². The Bertz CT molecular complexity index is 472. The van der Waals surface area contributed by atoms with Gasteiger partial charge in [0.15, 0.2) is 0 Å². The van der Waals surface area contributed by atoms with E-state index in [0.717, 1.165) is 5.56 Å². The third-order valence-electron chi connectivity index (χ3n) is 2.57. The number of hydrogen-bond acceptors (Lipinski definition) is 2. The van der Waals surface area contributed by atoms with Crippen LogP contribution in [-0.2, 0) is 15.4 Å². The second kappa shape index (κ2) is 4.09. The van der Waals surface area contributed by atoms with Crippen molar-refractivity contribution in [2.45, 2.75) is 26.2 Å². The molecule has 1 rings (SSSR count).